The molecule has 0 spiro atoms. The summed E-state index contributed by atoms with van der Waals surface area (Å²) in [5, 5.41) is 11.4. The molecule has 0 fully saturated rings. The average Bonchev–Trinajstić information content (AvgIpc) is 3.70. The van der Waals surface area contributed by atoms with Crippen LogP contribution in [0.2, 0.25) is 0 Å². The van der Waals surface area contributed by atoms with Crippen LogP contribution in [0.5, 0.6) is 5.75 Å². The topological polar surface area (TPSA) is 50.9 Å². The van der Waals surface area contributed by atoms with E-state index in [0.717, 1.165) is 33.4 Å². The second-order valence-electron chi connectivity index (χ2n) is 14.0. The van der Waals surface area contributed by atoms with E-state index in [0.29, 0.717) is 50.5 Å². The van der Waals surface area contributed by atoms with Crippen molar-refractivity contribution in [2.45, 2.75) is 32.8 Å². The van der Waals surface area contributed by atoms with Crippen LogP contribution in [-0.4, -0.2) is 19.6 Å². The summed E-state index contributed by atoms with van der Waals surface area (Å²) in [7, 11) is 0. The molecule has 0 amide bonds. The number of phenolic OH excluding ortho intramolecular Hbond substituents is 1. The van der Waals surface area contributed by atoms with Crippen LogP contribution < -0.4 is 0 Å². The summed E-state index contributed by atoms with van der Waals surface area (Å²) in [6.07, 6.45) is 1.63. The van der Waals surface area contributed by atoms with Gasteiger partial charge in [-0.1, -0.05) is 141 Å². The second-order valence-corrected chi connectivity index (χ2v) is 14.0. The molecule has 9 rings (SSSR count). The highest BCUT2D eigenvalue weighted by Crippen LogP contribution is 2.41. The molecule has 9 aromatic rings. The molecule has 57 heavy (non-hydrogen) atoms. The molecule has 1 N–H and O–H groups in total. The Kier molecular flexibility index (Phi) is 6.25. The van der Waals surface area contributed by atoms with E-state index in [1.165, 1.54) is 24.3 Å². The molecule has 0 saturated carbocycles. The van der Waals surface area contributed by atoms with Crippen LogP contribution in [0.1, 0.15) is 48.1 Å². The quantitative estimate of drug-likeness (QED) is 0.176. The third-order valence-corrected chi connectivity index (χ3v) is 10.2. The Morgan fingerprint density at radius 2 is 1.21 bits per heavy atom. The number of aryl methyl sites for hydroxylation is 1. The Labute approximate surface area is 351 Å². The highest BCUT2D eigenvalue weighted by atomic mass is 16.3. The Bertz CT molecular complexity index is 3300. The van der Waals surface area contributed by atoms with E-state index >= 15 is 0 Å². The standard InChI is InChI=1S/C53H43N3O/c1-35-22-27-48(46(30-35)38-16-9-6-10-17-38)56-49-20-13-19-44(51(49)55-52(56)45-18-11-12-21-50(45)57)41-31-40(36-14-7-5-8-15-36)32-42(33-41)47-34-39(28-29-54-47)37-23-25-43(26-24-37)53(2,3)4/h5-34,57H,1-4H3/i1D3,2D3,3D3,4D3. The molecule has 4 heteroatoms. The van der Waals surface area contributed by atoms with Gasteiger partial charge in [0.15, 0.2) is 0 Å². The first-order chi connectivity index (χ1) is 32.7. The van der Waals surface area contributed by atoms with Gasteiger partial charge in [0.25, 0.3) is 0 Å². The molecule has 7 aromatic carbocycles. The Morgan fingerprint density at radius 3 is 1.96 bits per heavy atom. The van der Waals surface area contributed by atoms with Gasteiger partial charge in [0, 0.05) is 39.3 Å². The Morgan fingerprint density at radius 1 is 0.526 bits per heavy atom. The van der Waals surface area contributed by atoms with Crippen LogP contribution in [0.15, 0.2) is 182 Å². The number of fused-ring (bicyclic) bond motifs is 1. The fourth-order valence-corrected chi connectivity index (χ4v) is 7.41. The van der Waals surface area contributed by atoms with Gasteiger partial charge in [0.1, 0.15) is 11.6 Å². The van der Waals surface area contributed by atoms with Crippen LogP contribution >= 0.6 is 0 Å². The molecule has 0 atom stereocenters. The second kappa shape index (κ2) is 14.6. The van der Waals surface area contributed by atoms with Crippen molar-refractivity contribution < 1.29 is 21.6 Å². The van der Waals surface area contributed by atoms with E-state index in [1.807, 2.05) is 108 Å². The van der Waals surface area contributed by atoms with Gasteiger partial charge in [-0.3, -0.25) is 9.55 Å². The lowest BCUT2D eigenvalue weighted by atomic mass is 9.86. The van der Waals surface area contributed by atoms with E-state index in [4.69, 9.17) is 26.4 Å². The minimum Gasteiger partial charge on any atom is -0.507 e. The fraction of sp³-hybridized carbons (Fsp3) is 0.0943. The van der Waals surface area contributed by atoms with Gasteiger partial charge >= 0.3 is 0 Å². The average molecular weight is 750 g/mol. The van der Waals surface area contributed by atoms with E-state index in [9.17, 15) is 5.11 Å². The summed E-state index contributed by atoms with van der Waals surface area (Å²) in [6.45, 7) is -12.5. The molecule has 0 saturated heterocycles. The maximum absolute atomic E-state index is 11.4. The van der Waals surface area contributed by atoms with Gasteiger partial charge in [-0.25, -0.2) is 4.98 Å². The van der Waals surface area contributed by atoms with Gasteiger partial charge in [-0.2, -0.15) is 0 Å². The molecule has 2 aromatic heterocycles. The summed E-state index contributed by atoms with van der Waals surface area (Å²) in [4.78, 5) is 10.1. The minimum absolute atomic E-state index is 0.0103. The summed E-state index contributed by atoms with van der Waals surface area (Å²) in [5.41, 5.74) is 6.48. The first-order valence-corrected chi connectivity index (χ1v) is 18.5. The summed E-state index contributed by atoms with van der Waals surface area (Å²) in [5.74, 6) is 0.444. The first-order valence-electron chi connectivity index (χ1n) is 24.5. The molecular formula is C53H43N3O. The summed E-state index contributed by atoms with van der Waals surface area (Å²) in [6, 6.07) is 52.5. The number of phenols is 1. The third-order valence-electron chi connectivity index (χ3n) is 10.2. The molecule has 0 radical (unpaired) electrons. The largest absolute Gasteiger partial charge is 0.507 e. The molecular weight excluding hydrogens is 695 g/mol. The van der Waals surface area contributed by atoms with Crippen molar-refractivity contribution in [3.63, 3.8) is 0 Å². The lowest BCUT2D eigenvalue weighted by molar-refractivity contribution is 0.477. The monoisotopic (exact) mass is 749 g/mol. The molecule has 276 valence electrons. The number of para-hydroxylation sites is 2. The van der Waals surface area contributed by atoms with Crippen molar-refractivity contribution in [3.05, 3.63) is 193 Å². The van der Waals surface area contributed by atoms with E-state index < -0.39 is 32.8 Å². The smallest absolute Gasteiger partial charge is 0.149 e. The van der Waals surface area contributed by atoms with Gasteiger partial charge < -0.3 is 5.11 Å². The number of imidazole rings is 1. The molecule has 0 aliphatic carbocycles. The van der Waals surface area contributed by atoms with Gasteiger partial charge in [0.2, 0.25) is 0 Å². The van der Waals surface area contributed by atoms with Crippen molar-refractivity contribution in [1.82, 2.24) is 14.5 Å². The van der Waals surface area contributed by atoms with Crippen molar-refractivity contribution in [2.24, 2.45) is 0 Å². The number of pyridine rings is 1. The van der Waals surface area contributed by atoms with Crippen LogP contribution in [0.25, 0.3) is 83.9 Å². The van der Waals surface area contributed by atoms with E-state index in [2.05, 4.69) is 6.07 Å². The van der Waals surface area contributed by atoms with Crippen LogP contribution in [0.3, 0.4) is 0 Å². The lowest BCUT2D eigenvalue weighted by Gasteiger charge is -2.19. The van der Waals surface area contributed by atoms with Crippen molar-refractivity contribution >= 4 is 11.0 Å². The number of aromatic hydroxyl groups is 1. The zero-order valence-corrected chi connectivity index (χ0v) is 30.6. The summed E-state index contributed by atoms with van der Waals surface area (Å²) < 4.78 is 100. The number of aromatic nitrogens is 3. The SMILES string of the molecule is [2H]C([2H])([2H])c1ccc(-n2c(-c3ccccc3O)nc3c(-c4cc(-c5ccccc5)cc(-c5cc(-c6ccc(C(C([2H])([2H])[2H])(C([2H])([2H])[2H])C([2H])([2H])[2H])cc6)ccn5)c4)cccc32)c(-c2ccccc2)c1. The zero-order valence-electron chi connectivity index (χ0n) is 42.6. The number of nitrogens with zero attached hydrogens (tertiary/aromatic N) is 3. The van der Waals surface area contributed by atoms with Gasteiger partial charge in [-0.05, 0) is 112 Å². The van der Waals surface area contributed by atoms with Crippen molar-refractivity contribution in [2.75, 3.05) is 0 Å². The number of hydrogen-bond acceptors (Lipinski definition) is 3. The van der Waals surface area contributed by atoms with E-state index in [1.54, 1.807) is 48.7 Å². The number of hydrogen-bond donors (Lipinski definition) is 1. The molecule has 0 aliphatic rings. The van der Waals surface area contributed by atoms with Crippen LogP contribution in [0.4, 0.5) is 0 Å². The molecule has 0 aliphatic heterocycles. The zero-order chi connectivity index (χ0) is 49.1. The van der Waals surface area contributed by atoms with Gasteiger partial charge in [0.05, 0.1) is 28.0 Å². The Hall–Kier alpha value is -7.04. The van der Waals surface area contributed by atoms with Crippen LogP contribution in [-0.2, 0) is 5.41 Å². The maximum Gasteiger partial charge on any atom is 0.149 e. The molecule has 0 bridgehead atoms. The van der Waals surface area contributed by atoms with Crippen molar-refractivity contribution in [1.29, 1.82) is 0 Å². The summed E-state index contributed by atoms with van der Waals surface area (Å²) >= 11 is 0. The molecule has 2 heterocycles. The predicted molar refractivity (Wildman–Crippen MR) is 237 cm³/mol. The van der Waals surface area contributed by atoms with Gasteiger partial charge in [-0.15, -0.1) is 0 Å². The maximum atomic E-state index is 11.4. The number of rotatable bonds is 7. The highest BCUT2D eigenvalue weighted by molar-refractivity contribution is 5.98. The Balaban J connectivity index is 1.23. The lowest BCUT2D eigenvalue weighted by Crippen LogP contribution is -2.10. The molecule has 4 nitrogen and oxygen atoms in total. The normalized spacial score (nSPS) is 15.6. The predicted octanol–water partition coefficient (Wildman–Crippen LogP) is 13.7. The highest BCUT2D eigenvalue weighted by Gasteiger charge is 2.22. The van der Waals surface area contributed by atoms with Crippen LogP contribution in [0, 0.1) is 6.85 Å². The minimum atomic E-state index is -3.39. The number of benzene rings is 7. The third kappa shape index (κ3) is 6.91. The fourth-order valence-electron chi connectivity index (χ4n) is 7.41. The van der Waals surface area contributed by atoms with Crippen molar-refractivity contribution in [3.8, 4) is 78.6 Å². The van der Waals surface area contributed by atoms with E-state index in [-0.39, 0.29) is 16.9 Å². The molecule has 0 unspecified atom stereocenters. The first kappa shape index (κ1) is 24.5.